The van der Waals surface area contributed by atoms with E-state index in [1.54, 1.807) is 36.4 Å². The Bertz CT molecular complexity index is 1630. The summed E-state index contributed by atoms with van der Waals surface area (Å²) in [7, 11) is -12.1. The summed E-state index contributed by atoms with van der Waals surface area (Å²) in [5.74, 6) is -0.174. The van der Waals surface area contributed by atoms with Gasteiger partial charge in [0.15, 0.2) is 0 Å². The molecule has 4 rings (SSSR count). The zero-order valence-corrected chi connectivity index (χ0v) is 20.3. The SMILES string of the molecule is O=S(=O)(Oc1ccc(S(=O)(=O)Oc2ccc(S(=O)(=O)c3ccccc3)cc2)cc1)c1ccccc1. The molecule has 0 aromatic heterocycles. The number of hydrogen-bond donors (Lipinski definition) is 0. The highest BCUT2D eigenvalue weighted by atomic mass is 32.2. The van der Waals surface area contributed by atoms with E-state index in [0.717, 1.165) is 12.1 Å². The van der Waals surface area contributed by atoms with E-state index >= 15 is 0 Å². The van der Waals surface area contributed by atoms with Crippen LogP contribution in [0.1, 0.15) is 0 Å². The molecule has 0 saturated heterocycles. The van der Waals surface area contributed by atoms with Crippen molar-refractivity contribution in [2.45, 2.75) is 19.6 Å². The molecule has 0 unspecified atom stereocenters. The molecule has 4 aromatic rings. The average Bonchev–Trinajstić information content (AvgIpc) is 2.85. The maximum atomic E-state index is 12.7. The van der Waals surface area contributed by atoms with Crippen molar-refractivity contribution in [1.82, 2.24) is 0 Å². The van der Waals surface area contributed by atoms with Gasteiger partial charge in [-0.2, -0.15) is 16.8 Å². The van der Waals surface area contributed by atoms with Gasteiger partial charge < -0.3 is 8.37 Å². The van der Waals surface area contributed by atoms with Crippen LogP contribution >= 0.6 is 0 Å². The van der Waals surface area contributed by atoms with E-state index in [1.165, 1.54) is 60.7 Å². The van der Waals surface area contributed by atoms with Crippen LogP contribution in [0.25, 0.3) is 0 Å². The molecule has 0 heterocycles. The molecule has 0 atom stereocenters. The Balaban J connectivity index is 1.49. The van der Waals surface area contributed by atoms with Gasteiger partial charge in [0.25, 0.3) is 0 Å². The van der Waals surface area contributed by atoms with Crippen molar-refractivity contribution in [1.29, 1.82) is 0 Å². The quantitative estimate of drug-likeness (QED) is 0.313. The van der Waals surface area contributed by atoms with Crippen LogP contribution in [-0.4, -0.2) is 25.3 Å². The highest BCUT2D eigenvalue weighted by Gasteiger charge is 2.21. The smallest absolute Gasteiger partial charge is 0.339 e. The molecule has 0 aliphatic rings. The highest BCUT2D eigenvalue weighted by Crippen LogP contribution is 2.26. The lowest BCUT2D eigenvalue weighted by atomic mass is 10.3. The third kappa shape index (κ3) is 5.53. The Morgan fingerprint density at radius 3 is 1.11 bits per heavy atom. The molecule has 0 spiro atoms. The summed E-state index contributed by atoms with van der Waals surface area (Å²) in [6.07, 6.45) is 0. The fraction of sp³-hybridized carbons (Fsp3) is 0. The van der Waals surface area contributed by atoms with Crippen molar-refractivity contribution in [3.63, 3.8) is 0 Å². The van der Waals surface area contributed by atoms with Crippen molar-refractivity contribution in [3.05, 3.63) is 109 Å². The Morgan fingerprint density at radius 1 is 0.371 bits per heavy atom. The monoisotopic (exact) mass is 530 g/mol. The summed E-state index contributed by atoms with van der Waals surface area (Å²) in [5, 5.41) is 0. The molecular weight excluding hydrogens is 512 g/mol. The molecule has 0 fully saturated rings. The lowest BCUT2D eigenvalue weighted by Gasteiger charge is -2.10. The van der Waals surface area contributed by atoms with Crippen molar-refractivity contribution in [2.75, 3.05) is 0 Å². The van der Waals surface area contributed by atoms with E-state index in [4.69, 9.17) is 8.37 Å². The number of sulfone groups is 1. The van der Waals surface area contributed by atoms with Gasteiger partial charge in [-0.25, -0.2) is 8.42 Å². The summed E-state index contributed by atoms with van der Waals surface area (Å²) in [5.41, 5.74) is 0. The first-order valence-electron chi connectivity index (χ1n) is 10.0. The van der Waals surface area contributed by atoms with Crippen LogP contribution in [0.3, 0.4) is 0 Å². The largest absolute Gasteiger partial charge is 0.379 e. The second-order valence-electron chi connectivity index (χ2n) is 7.15. The van der Waals surface area contributed by atoms with Crippen molar-refractivity contribution >= 4 is 30.1 Å². The van der Waals surface area contributed by atoms with E-state index in [0.29, 0.717) is 0 Å². The minimum Gasteiger partial charge on any atom is -0.379 e. The number of hydrogen-bond acceptors (Lipinski definition) is 8. The molecule has 0 N–H and O–H groups in total. The van der Waals surface area contributed by atoms with Crippen molar-refractivity contribution in [3.8, 4) is 11.5 Å². The second-order valence-corrected chi connectivity index (χ2v) is 12.2. The van der Waals surface area contributed by atoms with Crippen LogP contribution in [0.2, 0.25) is 0 Å². The van der Waals surface area contributed by atoms with Gasteiger partial charge in [0, 0.05) is 0 Å². The molecule has 8 nitrogen and oxygen atoms in total. The summed E-state index contributed by atoms with van der Waals surface area (Å²) in [6.45, 7) is 0. The molecule has 4 aromatic carbocycles. The van der Waals surface area contributed by atoms with Crippen LogP contribution in [-0.2, 0) is 30.1 Å². The number of rotatable bonds is 8. The molecule has 0 aliphatic carbocycles. The molecule has 35 heavy (non-hydrogen) atoms. The lowest BCUT2D eigenvalue weighted by molar-refractivity contribution is 0.484. The normalized spacial score (nSPS) is 12.1. The van der Waals surface area contributed by atoms with Gasteiger partial charge in [-0.05, 0) is 72.8 Å². The summed E-state index contributed by atoms with van der Waals surface area (Å²) in [6, 6.07) is 24.9. The van der Waals surface area contributed by atoms with Crippen LogP contribution in [0.4, 0.5) is 0 Å². The van der Waals surface area contributed by atoms with Crippen LogP contribution in [0.5, 0.6) is 11.5 Å². The zero-order chi connectivity index (χ0) is 25.1. The van der Waals surface area contributed by atoms with Crippen LogP contribution in [0.15, 0.2) is 129 Å². The molecule has 0 saturated carbocycles. The Hall–Kier alpha value is -3.67. The predicted octanol–water partition coefficient (Wildman–Crippen LogP) is 4.05. The van der Waals surface area contributed by atoms with Gasteiger partial charge in [-0.1, -0.05) is 36.4 Å². The zero-order valence-electron chi connectivity index (χ0n) is 17.9. The molecule has 11 heteroatoms. The molecule has 0 amide bonds. The summed E-state index contributed by atoms with van der Waals surface area (Å²) in [4.78, 5) is -0.201. The van der Waals surface area contributed by atoms with E-state index in [1.807, 2.05) is 0 Å². The first-order chi connectivity index (χ1) is 16.6. The fourth-order valence-corrected chi connectivity index (χ4v) is 6.17. The van der Waals surface area contributed by atoms with Gasteiger partial charge in [0.05, 0.1) is 9.79 Å². The third-order valence-electron chi connectivity index (χ3n) is 4.74. The van der Waals surface area contributed by atoms with E-state index < -0.39 is 30.1 Å². The van der Waals surface area contributed by atoms with Crippen molar-refractivity contribution < 1.29 is 33.6 Å². The first kappa shape index (κ1) is 24.5. The van der Waals surface area contributed by atoms with Crippen molar-refractivity contribution in [2.24, 2.45) is 0 Å². The minimum absolute atomic E-state index is 0.0189. The van der Waals surface area contributed by atoms with Gasteiger partial charge in [0.2, 0.25) is 9.84 Å². The van der Waals surface area contributed by atoms with E-state index in [2.05, 4.69) is 0 Å². The Kier molecular flexibility index (Phi) is 6.66. The van der Waals surface area contributed by atoms with Gasteiger partial charge in [-0.15, -0.1) is 0 Å². The Labute approximate surface area is 203 Å². The average molecular weight is 531 g/mol. The highest BCUT2D eigenvalue weighted by molar-refractivity contribution is 7.91. The van der Waals surface area contributed by atoms with Crippen LogP contribution in [0, 0.1) is 0 Å². The van der Waals surface area contributed by atoms with E-state index in [-0.39, 0.29) is 31.1 Å². The molecule has 180 valence electrons. The molecule has 0 radical (unpaired) electrons. The predicted molar refractivity (Wildman–Crippen MR) is 127 cm³/mol. The molecule has 0 bridgehead atoms. The second kappa shape index (κ2) is 9.53. The van der Waals surface area contributed by atoms with Gasteiger partial charge >= 0.3 is 20.2 Å². The molecule has 0 aliphatic heterocycles. The third-order valence-corrected chi connectivity index (χ3v) is 9.05. The van der Waals surface area contributed by atoms with Gasteiger partial charge in [-0.3, -0.25) is 0 Å². The summed E-state index contributed by atoms with van der Waals surface area (Å²) >= 11 is 0. The van der Waals surface area contributed by atoms with Crippen LogP contribution < -0.4 is 8.37 Å². The maximum Gasteiger partial charge on any atom is 0.339 e. The minimum atomic E-state index is -4.28. The Morgan fingerprint density at radius 2 is 0.686 bits per heavy atom. The molecular formula is C24H18O8S3. The standard InChI is InChI=1S/C24H18O8S3/c25-33(26,21-7-3-1-4-8-21)22-15-11-19(12-16-22)32-35(29,30)24-17-13-20(14-18-24)31-34(27,28)23-9-5-2-6-10-23/h1-18H. The topological polar surface area (TPSA) is 121 Å². The summed E-state index contributed by atoms with van der Waals surface area (Å²) < 4.78 is 85.3. The first-order valence-corrected chi connectivity index (χ1v) is 14.3. The van der Waals surface area contributed by atoms with Gasteiger partial charge in [0.1, 0.15) is 21.3 Å². The van der Waals surface area contributed by atoms with E-state index in [9.17, 15) is 25.3 Å². The fourth-order valence-electron chi connectivity index (χ4n) is 3.01. The number of benzene rings is 4. The lowest BCUT2D eigenvalue weighted by Crippen LogP contribution is -2.11. The maximum absolute atomic E-state index is 12.7.